The third-order valence-electron chi connectivity index (χ3n) is 2.92. The lowest BCUT2D eigenvalue weighted by atomic mass is 10.2. The second kappa shape index (κ2) is 4.07. The Kier molecular flexibility index (Phi) is 2.50. The number of pyridine rings is 1. The first-order valence-electron chi connectivity index (χ1n) is 5.47. The van der Waals surface area contributed by atoms with Crippen LogP contribution in [0.4, 0.5) is 11.4 Å². The maximum atomic E-state index is 12.2. The molecule has 1 aromatic heterocycles. The quantitative estimate of drug-likeness (QED) is 0.638. The van der Waals surface area contributed by atoms with Gasteiger partial charge in [0, 0.05) is 17.4 Å². The number of nitrogen functional groups attached to an aromatic ring is 1. The normalized spacial score (nSPS) is 13.8. The van der Waals surface area contributed by atoms with Crippen molar-refractivity contribution in [3.8, 4) is 0 Å². The van der Waals surface area contributed by atoms with E-state index >= 15 is 0 Å². The van der Waals surface area contributed by atoms with E-state index in [2.05, 4.69) is 4.98 Å². The monoisotopic (exact) mass is 273 g/mol. The molecule has 0 spiro atoms. The van der Waals surface area contributed by atoms with Crippen molar-refractivity contribution in [2.24, 2.45) is 0 Å². The van der Waals surface area contributed by atoms with E-state index in [0.29, 0.717) is 22.0 Å². The fourth-order valence-electron chi connectivity index (χ4n) is 2.01. The first-order chi connectivity index (χ1) is 9.09. The van der Waals surface area contributed by atoms with Crippen LogP contribution in [0.2, 0.25) is 5.02 Å². The molecule has 0 fully saturated rings. The number of nitrogens with zero attached hydrogens (tertiary/aromatic N) is 2. The SMILES string of the molecule is Nc1ccc(Cl)cc1N1C(=O)c2ccncc2C1=O. The minimum absolute atomic E-state index is 0.270. The standard InChI is InChI=1S/C13H8ClN3O2/c14-7-1-2-10(15)11(5-7)17-12(18)8-3-4-16-6-9(8)13(17)19/h1-6H,15H2. The van der Waals surface area contributed by atoms with Crippen LogP contribution in [-0.4, -0.2) is 16.8 Å². The number of nitrogens with two attached hydrogens (primary N) is 1. The van der Waals surface area contributed by atoms with Gasteiger partial charge in [0.15, 0.2) is 0 Å². The number of hydrogen-bond donors (Lipinski definition) is 1. The van der Waals surface area contributed by atoms with Gasteiger partial charge in [-0.05, 0) is 24.3 Å². The van der Waals surface area contributed by atoms with E-state index < -0.39 is 11.8 Å². The second-order valence-electron chi connectivity index (χ2n) is 4.07. The van der Waals surface area contributed by atoms with E-state index in [4.69, 9.17) is 17.3 Å². The van der Waals surface area contributed by atoms with Crippen LogP contribution in [0.15, 0.2) is 36.7 Å². The summed E-state index contributed by atoms with van der Waals surface area (Å²) >= 11 is 5.88. The van der Waals surface area contributed by atoms with E-state index in [0.717, 1.165) is 4.90 Å². The largest absolute Gasteiger partial charge is 0.397 e. The first kappa shape index (κ1) is 11.7. The molecular weight excluding hydrogens is 266 g/mol. The zero-order chi connectivity index (χ0) is 13.6. The number of halogens is 1. The van der Waals surface area contributed by atoms with Gasteiger partial charge in [0.25, 0.3) is 11.8 Å². The highest BCUT2D eigenvalue weighted by Gasteiger charge is 2.37. The number of imide groups is 1. The van der Waals surface area contributed by atoms with Crippen molar-refractivity contribution in [2.45, 2.75) is 0 Å². The van der Waals surface area contributed by atoms with Crippen molar-refractivity contribution in [1.82, 2.24) is 4.98 Å². The van der Waals surface area contributed by atoms with Crippen molar-refractivity contribution in [1.29, 1.82) is 0 Å². The molecule has 2 heterocycles. The van der Waals surface area contributed by atoms with Crippen LogP contribution >= 0.6 is 11.6 Å². The molecular formula is C13H8ClN3O2. The summed E-state index contributed by atoms with van der Waals surface area (Å²) in [5.74, 6) is -0.863. The van der Waals surface area contributed by atoms with Crippen LogP contribution in [0.1, 0.15) is 20.7 Å². The van der Waals surface area contributed by atoms with Gasteiger partial charge in [0.2, 0.25) is 0 Å². The molecule has 94 valence electrons. The Morgan fingerprint density at radius 1 is 1.11 bits per heavy atom. The van der Waals surface area contributed by atoms with Crippen molar-refractivity contribution in [3.63, 3.8) is 0 Å². The number of amides is 2. The highest BCUT2D eigenvalue weighted by molar-refractivity contribution is 6.36. The molecule has 1 aliphatic rings. The summed E-state index contributed by atoms with van der Waals surface area (Å²) in [5.41, 5.74) is 7.00. The average molecular weight is 274 g/mol. The number of aromatic nitrogens is 1. The summed E-state index contributed by atoms with van der Waals surface area (Å²) in [4.78, 5) is 29.4. The molecule has 0 radical (unpaired) electrons. The van der Waals surface area contributed by atoms with E-state index in [1.54, 1.807) is 12.1 Å². The van der Waals surface area contributed by atoms with Crippen molar-refractivity contribution >= 4 is 34.8 Å². The highest BCUT2D eigenvalue weighted by atomic mass is 35.5. The minimum Gasteiger partial charge on any atom is -0.397 e. The maximum absolute atomic E-state index is 12.2. The van der Waals surface area contributed by atoms with Gasteiger partial charge in [-0.15, -0.1) is 0 Å². The third kappa shape index (κ3) is 1.67. The number of carbonyl (C=O) groups excluding carboxylic acids is 2. The van der Waals surface area contributed by atoms with Crippen LogP contribution in [0, 0.1) is 0 Å². The Labute approximate surface area is 113 Å². The summed E-state index contributed by atoms with van der Waals surface area (Å²) in [7, 11) is 0. The van der Waals surface area contributed by atoms with Crippen LogP contribution in [0.25, 0.3) is 0 Å². The Morgan fingerprint density at radius 2 is 1.84 bits per heavy atom. The predicted molar refractivity (Wildman–Crippen MR) is 71.2 cm³/mol. The van der Waals surface area contributed by atoms with Gasteiger partial charge in [-0.1, -0.05) is 11.6 Å². The Hall–Kier alpha value is -2.40. The summed E-state index contributed by atoms with van der Waals surface area (Å²) in [6.45, 7) is 0. The lowest BCUT2D eigenvalue weighted by Crippen LogP contribution is -2.30. The molecule has 0 saturated heterocycles. The molecule has 0 unspecified atom stereocenters. The summed E-state index contributed by atoms with van der Waals surface area (Å²) in [5, 5.41) is 0.402. The molecule has 0 bridgehead atoms. The molecule has 1 aliphatic heterocycles. The number of benzene rings is 1. The number of fused-ring (bicyclic) bond motifs is 1. The number of hydrogen-bond acceptors (Lipinski definition) is 4. The number of anilines is 2. The van der Waals surface area contributed by atoms with Crippen LogP contribution < -0.4 is 10.6 Å². The van der Waals surface area contributed by atoms with Crippen LogP contribution in [-0.2, 0) is 0 Å². The Bertz CT molecular complexity index is 680. The van der Waals surface area contributed by atoms with Crippen molar-refractivity contribution in [3.05, 3.63) is 52.8 Å². The summed E-state index contributed by atoms with van der Waals surface area (Å²) in [6.07, 6.45) is 2.84. The topological polar surface area (TPSA) is 76.3 Å². The lowest BCUT2D eigenvalue weighted by molar-refractivity contribution is 0.0926. The number of rotatable bonds is 1. The van der Waals surface area contributed by atoms with Gasteiger partial charge in [0.1, 0.15) is 0 Å². The Morgan fingerprint density at radius 3 is 2.58 bits per heavy atom. The lowest BCUT2D eigenvalue weighted by Gasteiger charge is -2.16. The molecule has 3 rings (SSSR count). The fraction of sp³-hybridized carbons (Fsp3) is 0. The Balaban J connectivity index is 2.17. The first-order valence-corrected chi connectivity index (χ1v) is 5.85. The molecule has 1 aromatic carbocycles. The molecule has 5 nitrogen and oxygen atoms in total. The smallest absolute Gasteiger partial charge is 0.267 e. The molecule has 2 N–H and O–H groups in total. The summed E-state index contributed by atoms with van der Waals surface area (Å²) in [6, 6.07) is 6.15. The van der Waals surface area contributed by atoms with Crippen LogP contribution in [0.5, 0.6) is 0 Å². The van der Waals surface area contributed by atoms with Gasteiger partial charge in [-0.3, -0.25) is 14.6 Å². The minimum atomic E-state index is -0.443. The second-order valence-corrected chi connectivity index (χ2v) is 4.51. The van der Waals surface area contributed by atoms with E-state index in [9.17, 15) is 9.59 Å². The van der Waals surface area contributed by atoms with E-state index in [1.165, 1.54) is 24.5 Å². The predicted octanol–water partition coefficient (Wildman–Crippen LogP) is 2.12. The molecule has 6 heteroatoms. The molecule has 2 aromatic rings. The zero-order valence-corrected chi connectivity index (χ0v) is 10.4. The zero-order valence-electron chi connectivity index (χ0n) is 9.63. The van der Waals surface area contributed by atoms with Gasteiger partial charge in [-0.25, -0.2) is 4.90 Å². The van der Waals surface area contributed by atoms with Gasteiger partial charge in [-0.2, -0.15) is 0 Å². The van der Waals surface area contributed by atoms with Gasteiger partial charge >= 0.3 is 0 Å². The number of carbonyl (C=O) groups is 2. The molecule has 0 saturated carbocycles. The fourth-order valence-corrected chi connectivity index (χ4v) is 2.18. The average Bonchev–Trinajstić information content (AvgIpc) is 2.66. The van der Waals surface area contributed by atoms with E-state index in [-0.39, 0.29) is 5.56 Å². The molecule has 0 aliphatic carbocycles. The van der Waals surface area contributed by atoms with Crippen molar-refractivity contribution in [2.75, 3.05) is 10.6 Å². The van der Waals surface area contributed by atoms with Gasteiger partial charge in [0.05, 0.1) is 22.5 Å². The summed E-state index contributed by atoms with van der Waals surface area (Å²) < 4.78 is 0. The highest BCUT2D eigenvalue weighted by Crippen LogP contribution is 2.33. The third-order valence-corrected chi connectivity index (χ3v) is 3.16. The maximum Gasteiger partial charge on any atom is 0.267 e. The van der Waals surface area contributed by atoms with Gasteiger partial charge < -0.3 is 5.73 Å². The molecule has 0 atom stereocenters. The van der Waals surface area contributed by atoms with E-state index in [1.807, 2.05) is 0 Å². The van der Waals surface area contributed by atoms with Crippen LogP contribution in [0.3, 0.4) is 0 Å². The molecule has 19 heavy (non-hydrogen) atoms. The van der Waals surface area contributed by atoms with Crippen molar-refractivity contribution < 1.29 is 9.59 Å². The molecule has 2 amide bonds.